The van der Waals surface area contributed by atoms with Crippen molar-refractivity contribution in [1.29, 1.82) is 0 Å². The predicted molar refractivity (Wildman–Crippen MR) is 59.6 cm³/mol. The molecule has 0 atom stereocenters. The van der Waals surface area contributed by atoms with E-state index >= 15 is 0 Å². The maximum absolute atomic E-state index is 11.5. The van der Waals surface area contributed by atoms with Crippen LogP contribution in [0.15, 0.2) is 24.3 Å². The van der Waals surface area contributed by atoms with E-state index < -0.39 is 0 Å². The third-order valence-electron chi connectivity index (χ3n) is 2.44. The van der Waals surface area contributed by atoms with Crippen LogP contribution in [0, 0.1) is 0 Å². The lowest BCUT2D eigenvalue weighted by Gasteiger charge is -2.14. The molecule has 84 valence electrons. The standard InChI is InChI=1S/C12H13NO3/c1-2-16-11-5-3-9(4-6-11)13-8-10(14)7-12(13)15/h3-6H,2,7-8H2,1H3. The van der Waals surface area contributed by atoms with Gasteiger partial charge in [0.15, 0.2) is 5.78 Å². The van der Waals surface area contributed by atoms with Crippen LogP contribution in [-0.2, 0) is 9.59 Å². The molecular weight excluding hydrogens is 206 g/mol. The molecular formula is C12H13NO3. The first-order valence-electron chi connectivity index (χ1n) is 5.25. The number of nitrogens with zero attached hydrogens (tertiary/aromatic N) is 1. The highest BCUT2D eigenvalue weighted by molar-refractivity contribution is 6.15. The van der Waals surface area contributed by atoms with Crippen molar-refractivity contribution in [3.05, 3.63) is 24.3 Å². The molecule has 1 aromatic rings. The normalized spacial score (nSPS) is 15.7. The van der Waals surface area contributed by atoms with E-state index in [0.29, 0.717) is 6.61 Å². The quantitative estimate of drug-likeness (QED) is 0.722. The molecule has 4 nitrogen and oxygen atoms in total. The van der Waals surface area contributed by atoms with Gasteiger partial charge in [-0.3, -0.25) is 9.59 Å². The highest BCUT2D eigenvalue weighted by Gasteiger charge is 2.28. The molecule has 0 saturated carbocycles. The van der Waals surface area contributed by atoms with Crippen LogP contribution in [-0.4, -0.2) is 24.8 Å². The van der Waals surface area contributed by atoms with Crippen LogP contribution in [0.4, 0.5) is 5.69 Å². The summed E-state index contributed by atoms with van der Waals surface area (Å²) in [7, 11) is 0. The van der Waals surface area contributed by atoms with Crippen LogP contribution in [0.5, 0.6) is 5.75 Å². The van der Waals surface area contributed by atoms with Crippen LogP contribution in [0.2, 0.25) is 0 Å². The average Bonchev–Trinajstić information content (AvgIpc) is 2.59. The summed E-state index contributed by atoms with van der Waals surface area (Å²) in [5, 5.41) is 0. The highest BCUT2D eigenvalue weighted by atomic mass is 16.5. The zero-order chi connectivity index (χ0) is 11.5. The summed E-state index contributed by atoms with van der Waals surface area (Å²) in [5.74, 6) is 0.609. The van der Waals surface area contributed by atoms with E-state index in [0.717, 1.165) is 11.4 Å². The fraction of sp³-hybridized carbons (Fsp3) is 0.333. The highest BCUT2D eigenvalue weighted by Crippen LogP contribution is 2.22. The van der Waals surface area contributed by atoms with Crippen LogP contribution < -0.4 is 9.64 Å². The number of rotatable bonds is 3. The van der Waals surface area contributed by atoms with Gasteiger partial charge in [0.25, 0.3) is 0 Å². The van der Waals surface area contributed by atoms with Gasteiger partial charge in [0.2, 0.25) is 5.91 Å². The van der Waals surface area contributed by atoms with E-state index in [1.807, 2.05) is 6.92 Å². The largest absolute Gasteiger partial charge is 0.494 e. The van der Waals surface area contributed by atoms with Crippen molar-refractivity contribution < 1.29 is 14.3 Å². The van der Waals surface area contributed by atoms with Crippen LogP contribution in [0.25, 0.3) is 0 Å². The Morgan fingerprint density at radius 1 is 1.25 bits per heavy atom. The second kappa shape index (κ2) is 4.35. The van der Waals surface area contributed by atoms with E-state index in [1.54, 1.807) is 24.3 Å². The molecule has 0 unspecified atom stereocenters. The Kier molecular flexibility index (Phi) is 2.90. The summed E-state index contributed by atoms with van der Waals surface area (Å²) < 4.78 is 5.30. The number of anilines is 1. The summed E-state index contributed by atoms with van der Waals surface area (Å²) in [6.07, 6.45) is 0.0210. The van der Waals surface area contributed by atoms with E-state index in [4.69, 9.17) is 4.74 Å². The lowest BCUT2D eigenvalue weighted by molar-refractivity contribution is -0.121. The summed E-state index contributed by atoms with van der Waals surface area (Å²) in [6.45, 7) is 2.71. The first-order valence-corrected chi connectivity index (χ1v) is 5.25. The summed E-state index contributed by atoms with van der Waals surface area (Å²) >= 11 is 0. The Hall–Kier alpha value is -1.84. The summed E-state index contributed by atoms with van der Waals surface area (Å²) in [5.41, 5.74) is 0.749. The first-order chi connectivity index (χ1) is 7.70. The van der Waals surface area contributed by atoms with Gasteiger partial charge in [0, 0.05) is 5.69 Å². The number of Topliss-reactive ketones (excluding diaryl/α,β-unsaturated/α-hetero) is 1. The number of carbonyl (C=O) groups excluding carboxylic acids is 2. The van der Waals surface area contributed by atoms with Gasteiger partial charge in [-0.1, -0.05) is 0 Å². The van der Waals surface area contributed by atoms with Crippen molar-refractivity contribution in [2.75, 3.05) is 18.1 Å². The minimum absolute atomic E-state index is 0.0210. The number of benzene rings is 1. The van der Waals surface area contributed by atoms with E-state index in [-0.39, 0.29) is 24.7 Å². The van der Waals surface area contributed by atoms with Gasteiger partial charge < -0.3 is 9.64 Å². The Labute approximate surface area is 93.8 Å². The third-order valence-corrected chi connectivity index (χ3v) is 2.44. The molecule has 16 heavy (non-hydrogen) atoms. The fourth-order valence-corrected chi connectivity index (χ4v) is 1.71. The van der Waals surface area contributed by atoms with Crippen molar-refractivity contribution in [1.82, 2.24) is 0 Å². The van der Waals surface area contributed by atoms with Gasteiger partial charge in [-0.25, -0.2) is 0 Å². The minimum Gasteiger partial charge on any atom is -0.494 e. The molecule has 0 spiro atoms. The first kappa shape index (κ1) is 10.7. The van der Waals surface area contributed by atoms with Crippen LogP contribution in [0.3, 0.4) is 0 Å². The zero-order valence-corrected chi connectivity index (χ0v) is 9.10. The summed E-state index contributed by atoms with van der Waals surface area (Å²) in [6, 6.07) is 7.19. The molecule has 2 rings (SSSR count). The monoisotopic (exact) mass is 219 g/mol. The molecule has 0 radical (unpaired) electrons. The van der Waals surface area contributed by atoms with Crippen molar-refractivity contribution in [3.63, 3.8) is 0 Å². The van der Waals surface area contributed by atoms with Crippen molar-refractivity contribution >= 4 is 17.4 Å². The Morgan fingerprint density at radius 2 is 1.94 bits per heavy atom. The molecule has 0 aliphatic carbocycles. The number of ether oxygens (including phenoxy) is 1. The molecule has 1 aromatic carbocycles. The van der Waals surface area contributed by atoms with Crippen molar-refractivity contribution in [2.24, 2.45) is 0 Å². The van der Waals surface area contributed by atoms with E-state index in [1.165, 1.54) is 4.90 Å². The van der Waals surface area contributed by atoms with Crippen molar-refractivity contribution in [3.8, 4) is 5.75 Å². The zero-order valence-electron chi connectivity index (χ0n) is 9.10. The number of hydrogen-bond acceptors (Lipinski definition) is 3. The number of amides is 1. The molecule has 1 amide bonds. The molecule has 1 aliphatic heterocycles. The van der Waals surface area contributed by atoms with Gasteiger partial charge in [0.05, 0.1) is 19.6 Å². The second-order valence-electron chi connectivity index (χ2n) is 3.62. The smallest absolute Gasteiger partial charge is 0.234 e. The minimum atomic E-state index is -0.130. The predicted octanol–water partition coefficient (Wildman–Crippen LogP) is 1.39. The maximum Gasteiger partial charge on any atom is 0.234 e. The van der Waals surface area contributed by atoms with E-state index in [9.17, 15) is 9.59 Å². The summed E-state index contributed by atoms with van der Waals surface area (Å²) in [4.78, 5) is 24.1. The molecule has 1 fully saturated rings. The molecule has 1 saturated heterocycles. The van der Waals surface area contributed by atoms with Crippen molar-refractivity contribution in [2.45, 2.75) is 13.3 Å². The number of carbonyl (C=O) groups is 2. The maximum atomic E-state index is 11.5. The van der Waals surface area contributed by atoms with Gasteiger partial charge in [0.1, 0.15) is 5.75 Å². The molecule has 1 aliphatic rings. The van der Waals surface area contributed by atoms with Gasteiger partial charge in [-0.2, -0.15) is 0 Å². The Bertz CT molecular complexity index is 411. The SMILES string of the molecule is CCOc1ccc(N2CC(=O)CC2=O)cc1. The Balaban J connectivity index is 2.15. The van der Waals surface area contributed by atoms with Gasteiger partial charge in [-0.05, 0) is 31.2 Å². The molecule has 1 heterocycles. The van der Waals surface area contributed by atoms with Crippen LogP contribution in [0.1, 0.15) is 13.3 Å². The lowest BCUT2D eigenvalue weighted by atomic mass is 10.3. The second-order valence-corrected chi connectivity index (χ2v) is 3.62. The molecule has 0 N–H and O–H groups in total. The topological polar surface area (TPSA) is 46.6 Å². The molecule has 4 heteroatoms. The fourth-order valence-electron chi connectivity index (χ4n) is 1.71. The third kappa shape index (κ3) is 2.05. The van der Waals surface area contributed by atoms with Crippen LogP contribution >= 0.6 is 0 Å². The van der Waals surface area contributed by atoms with Gasteiger partial charge in [-0.15, -0.1) is 0 Å². The molecule has 0 aromatic heterocycles. The molecule has 0 bridgehead atoms. The number of hydrogen-bond donors (Lipinski definition) is 0. The number of ketones is 1. The van der Waals surface area contributed by atoms with E-state index in [2.05, 4.69) is 0 Å². The average molecular weight is 219 g/mol. The lowest BCUT2D eigenvalue weighted by Crippen LogP contribution is -2.24. The Morgan fingerprint density at radius 3 is 2.44 bits per heavy atom. The van der Waals surface area contributed by atoms with Gasteiger partial charge >= 0.3 is 0 Å².